The Balaban J connectivity index is 1.97. The number of fused-ring (bicyclic) bond motifs is 1. The van der Waals surface area contributed by atoms with Crippen molar-refractivity contribution in [1.82, 2.24) is 14.5 Å². The Morgan fingerprint density at radius 2 is 2.44 bits per heavy atom. The summed E-state index contributed by atoms with van der Waals surface area (Å²) in [6.45, 7) is 1.73. The predicted molar refractivity (Wildman–Crippen MR) is 67.3 cm³/mol. The van der Waals surface area contributed by atoms with Crippen molar-refractivity contribution in [2.45, 2.75) is 31.9 Å². The number of ether oxygens (including phenoxy) is 1. The first-order valence-corrected chi connectivity index (χ1v) is 6.41. The molecule has 96 valence electrons. The van der Waals surface area contributed by atoms with Crippen molar-refractivity contribution in [3.05, 3.63) is 24.2 Å². The van der Waals surface area contributed by atoms with E-state index in [0.717, 1.165) is 43.0 Å². The van der Waals surface area contributed by atoms with Gasteiger partial charge in [0.25, 0.3) is 0 Å². The molecular formula is C13H17N3O2. The quantitative estimate of drug-likeness (QED) is 0.880. The SMILES string of the molecule is OCCc1nc2cccnc2n1CC1CCCO1. The summed E-state index contributed by atoms with van der Waals surface area (Å²) < 4.78 is 7.75. The molecule has 0 aliphatic carbocycles. The Morgan fingerprint density at radius 1 is 1.50 bits per heavy atom. The number of pyridine rings is 1. The molecule has 1 unspecified atom stereocenters. The van der Waals surface area contributed by atoms with Gasteiger partial charge in [-0.05, 0) is 25.0 Å². The summed E-state index contributed by atoms with van der Waals surface area (Å²) in [5, 5.41) is 9.13. The molecule has 1 N–H and O–H groups in total. The van der Waals surface area contributed by atoms with E-state index in [2.05, 4.69) is 14.5 Å². The van der Waals surface area contributed by atoms with E-state index in [-0.39, 0.29) is 12.7 Å². The highest BCUT2D eigenvalue weighted by Crippen LogP contribution is 2.19. The van der Waals surface area contributed by atoms with E-state index in [1.54, 1.807) is 6.20 Å². The lowest BCUT2D eigenvalue weighted by molar-refractivity contribution is 0.0968. The molecule has 18 heavy (non-hydrogen) atoms. The van der Waals surface area contributed by atoms with Gasteiger partial charge < -0.3 is 14.4 Å². The van der Waals surface area contributed by atoms with Gasteiger partial charge in [0.15, 0.2) is 5.65 Å². The van der Waals surface area contributed by atoms with E-state index in [4.69, 9.17) is 9.84 Å². The Morgan fingerprint density at radius 3 is 3.22 bits per heavy atom. The average Bonchev–Trinajstić information content (AvgIpc) is 3.00. The second kappa shape index (κ2) is 5.04. The molecule has 0 radical (unpaired) electrons. The molecule has 5 heteroatoms. The lowest BCUT2D eigenvalue weighted by Crippen LogP contribution is -2.17. The lowest BCUT2D eigenvalue weighted by Gasteiger charge is -2.13. The van der Waals surface area contributed by atoms with Crippen LogP contribution in [0.5, 0.6) is 0 Å². The van der Waals surface area contributed by atoms with E-state index >= 15 is 0 Å². The Hall–Kier alpha value is -1.46. The highest BCUT2D eigenvalue weighted by Gasteiger charge is 2.19. The molecule has 1 atom stereocenters. The van der Waals surface area contributed by atoms with Gasteiger partial charge in [-0.3, -0.25) is 0 Å². The number of aliphatic hydroxyl groups excluding tert-OH is 1. The van der Waals surface area contributed by atoms with E-state index in [0.29, 0.717) is 6.42 Å². The maximum atomic E-state index is 9.13. The third-order valence-corrected chi connectivity index (χ3v) is 3.33. The summed E-state index contributed by atoms with van der Waals surface area (Å²) in [6, 6.07) is 3.84. The molecule has 3 rings (SSSR count). The van der Waals surface area contributed by atoms with Gasteiger partial charge >= 0.3 is 0 Å². The zero-order valence-corrected chi connectivity index (χ0v) is 10.2. The molecule has 0 spiro atoms. The monoisotopic (exact) mass is 247 g/mol. The molecule has 0 bridgehead atoms. The predicted octanol–water partition coefficient (Wildman–Crippen LogP) is 1.15. The number of nitrogens with zero attached hydrogens (tertiary/aromatic N) is 3. The van der Waals surface area contributed by atoms with Crippen LogP contribution >= 0.6 is 0 Å². The summed E-state index contributed by atoms with van der Waals surface area (Å²) in [7, 11) is 0. The highest BCUT2D eigenvalue weighted by atomic mass is 16.5. The van der Waals surface area contributed by atoms with Crippen LogP contribution in [0.15, 0.2) is 18.3 Å². The molecule has 0 amide bonds. The summed E-state index contributed by atoms with van der Waals surface area (Å²) in [5.74, 6) is 0.890. The Labute approximate surface area is 105 Å². The van der Waals surface area contributed by atoms with E-state index in [9.17, 15) is 0 Å². The van der Waals surface area contributed by atoms with Crippen molar-refractivity contribution in [2.24, 2.45) is 0 Å². The first kappa shape index (κ1) is 11.6. The standard InChI is InChI=1S/C13H17N3O2/c17-7-5-12-15-11-4-1-6-14-13(11)16(12)9-10-3-2-8-18-10/h1,4,6,10,17H,2-3,5,7-9H2. The molecule has 5 nitrogen and oxygen atoms in total. The van der Waals surface area contributed by atoms with Crippen LogP contribution in [-0.2, 0) is 17.7 Å². The van der Waals surface area contributed by atoms with Gasteiger partial charge in [-0.25, -0.2) is 9.97 Å². The van der Waals surface area contributed by atoms with Crippen LogP contribution < -0.4 is 0 Å². The molecular weight excluding hydrogens is 230 g/mol. The fraction of sp³-hybridized carbons (Fsp3) is 0.538. The minimum atomic E-state index is 0.106. The maximum Gasteiger partial charge on any atom is 0.160 e. The van der Waals surface area contributed by atoms with Crippen molar-refractivity contribution in [2.75, 3.05) is 13.2 Å². The molecule has 1 fully saturated rings. The van der Waals surface area contributed by atoms with Crippen molar-refractivity contribution in [3.8, 4) is 0 Å². The summed E-state index contributed by atoms with van der Waals surface area (Å²) in [6.07, 6.45) is 4.80. The summed E-state index contributed by atoms with van der Waals surface area (Å²) >= 11 is 0. The van der Waals surface area contributed by atoms with Crippen LogP contribution in [0.1, 0.15) is 18.7 Å². The van der Waals surface area contributed by atoms with Gasteiger partial charge in [0, 0.05) is 19.2 Å². The van der Waals surface area contributed by atoms with E-state index in [1.165, 1.54) is 0 Å². The molecule has 0 aromatic carbocycles. The van der Waals surface area contributed by atoms with E-state index < -0.39 is 0 Å². The van der Waals surface area contributed by atoms with Crippen molar-refractivity contribution in [3.63, 3.8) is 0 Å². The fourth-order valence-electron chi connectivity index (χ4n) is 2.48. The molecule has 1 aliphatic rings. The van der Waals surface area contributed by atoms with Crippen molar-refractivity contribution >= 4 is 11.2 Å². The largest absolute Gasteiger partial charge is 0.396 e. The van der Waals surface area contributed by atoms with Gasteiger partial charge in [0.1, 0.15) is 11.3 Å². The highest BCUT2D eigenvalue weighted by molar-refractivity contribution is 5.71. The zero-order chi connectivity index (χ0) is 12.4. The zero-order valence-electron chi connectivity index (χ0n) is 10.2. The summed E-state index contributed by atoms with van der Waals surface area (Å²) in [5.41, 5.74) is 1.77. The number of rotatable bonds is 4. The number of hydrogen-bond acceptors (Lipinski definition) is 4. The van der Waals surface area contributed by atoms with Crippen LogP contribution in [0.2, 0.25) is 0 Å². The molecule has 2 aromatic heterocycles. The first-order valence-electron chi connectivity index (χ1n) is 6.41. The molecule has 2 aromatic rings. The van der Waals surface area contributed by atoms with Crippen LogP contribution in [-0.4, -0.2) is 39.0 Å². The lowest BCUT2D eigenvalue weighted by atomic mass is 10.2. The number of hydrogen-bond donors (Lipinski definition) is 1. The van der Waals surface area contributed by atoms with Gasteiger partial charge in [0.05, 0.1) is 19.3 Å². The van der Waals surface area contributed by atoms with Crippen LogP contribution in [0, 0.1) is 0 Å². The van der Waals surface area contributed by atoms with Crippen LogP contribution in [0.25, 0.3) is 11.2 Å². The molecule has 3 heterocycles. The van der Waals surface area contributed by atoms with Gasteiger partial charge in [-0.15, -0.1) is 0 Å². The third kappa shape index (κ3) is 2.11. The Kier molecular flexibility index (Phi) is 3.25. The normalized spacial score (nSPS) is 19.7. The van der Waals surface area contributed by atoms with Gasteiger partial charge in [-0.2, -0.15) is 0 Å². The topological polar surface area (TPSA) is 60.2 Å². The van der Waals surface area contributed by atoms with Crippen LogP contribution in [0.3, 0.4) is 0 Å². The minimum absolute atomic E-state index is 0.106. The average molecular weight is 247 g/mol. The number of aliphatic hydroxyl groups is 1. The second-order valence-corrected chi connectivity index (χ2v) is 4.59. The third-order valence-electron chi connectivity index (χ3n) is 3.33. The van der Waals surface area contributed by atoms with Gasteiger partial charge in [0.2, 0.25) is 0 Å². The van der Waals surface area contributed by atoms with Crippen molar-refractivity contribution in [1.29, 1.82) is 0 Å². The Bertz CT molecular complexity index is 532. The number of imidazole rings is 1. The summed E-state index contributed by atoms with van der Waals surface area (Å²) in [4.78, 5) is 8.92. The second-order valence-electron chi connectivity index (χ2n) is 4.59. The molecule has 1 aliphatic heterocycles. The maximum absolute atomic E-state index is 9.13. The molecule has 0 saturated carbocycles. The fourth-order valence-corrected chi connectivity index (χ4v) is 2.48. The first-order chi connectivity index (χ1) is 8.88. The number of aromatic nitrogens is 3. The van der Waals surface area contributed by atoms with Crippen LogP contribution in [0.4, 0.5) is 0 Å². The minimum Gasteiger partial charge on any atom is -0.396 e. The van der Waals surface area contributed by atoms with Crippen molar-refractivity contribution < 1.29 is 9.84 Å². The molecule has 1 saturated heterocycles. The smallest absolute Gasteiger partial charge is 0.160 e. The van der Waals surface area contributed by atoms with E-state index in [1.807, 2.05) is 12.1 Å². The van der Waals surface area contributed by atoms with Gasteiger partial charge in [-0.1, -0.05) is 0 Å².